The van der Waals surface area contributed by atoms with Gasteiger partial charge >= 0.3 is 7.60 Å². The quantitative estimate of drug-likeness (QED) is 0.607. The third-order valence-electron chi connectivity index (χ3n) is 1.71. The van der Waals surface area contributed by atoms with E-state index in [0.717, 1.165) is 7.11 Å². The van der Waals surface area contributed by atoms with E-state index in [1.165, 1.54) is 12.3 Å². The molecule has 6 heteroatoms. The lowest BCUT2D eigenvalue weighted by Crippen LogP contribution is -1.89. The summed E-state index contributed by atoms with van der Waals surface area (Å²) in [4.78, 5) is 12.7. The summed E-state index contributed by atoms with van der Waals surface area (Å²) in [6.07, 6.45) is 1.01. The van der Waals surface area contributed by atoms with Crippen molar-refractivity contribution in [3.05, 3.63) is 29.8 Å². The minimum absolute atomic E-state index is 0.0754. The van der Waals surface area contributed by atoms with Crippen LogP contribution in [0.4, 0.5) is 0 Å². The molecule has 1 atom stereocenters. The van der Waals surface area contributed by atoms with Crippen molar-refractivity contribution < 1.29 is 19.1 Å². The molecular weight excluding hydrogens is 217 g/mol. The number of benzene rings is 1. The van der Waals surface area contributed by atoms with Crippen LogP contribution in [-0.4, -0.2) is 29.6 Å². The predicted octanol–water partition coefficient (Wildman–Crippen LogP) is 1.60. The van der Waals surface area contributed by atoms with Crippen molar-refractivity contribution in [2.24, 2.45) is 4.99 Å². The molecule has 0 spiro atoms. The lowest BCUT2D eigenvalue weighted by Gasteiger charge is -2.04. The van der Waals surface area contributed by atoms with Crippen LogP contribution in [-0.2, 0) is 9.09 Å². The van der Waals surface area contributed by atoms with Crippen molar-refractivity contribution in [3.8, 4) is 5.75 Å². The van der Waals surface area contributed by atoms with Gasteiger partial charge < -0.3 is 14.5 Å². The molecule has 5 nitrogen and oxygen atoms in total. The summed E-state index contributed by atoms with van der Waals surface area (Å²) in [7, 11) is -2.46. The Kier molecular flexibility index (Phi) is 4.03. The summed E-state index contributed by atoms with van der Waals surface area (Å²) in [5, 5.41) is 9.34. The number of hydrogen-bond acceptors (Lipinski definition) is 4. The molecule has 1 rings (SSSR count). The van der Waals surface area contributed by atoms with Gasteiger partial charge in [0.1, 0.15) is 12.0 Å². The van der Waals surface area contributed by atoms with Crippen LogP contribution >= 0.6 is 7.60 Å². The molecule has 82 valence electrons. The highest BCUT2D eigenvalue weighted by molar-refractivity contribution is 7.52. The molecule has 15 heavy (non-hydrogen) atoms. The molecule has 0 heterocycles. The highest BCUT2D eigenvalue weighted by Crippen LogP contribution is 2.40. The van der Waals surface area contributed by atoms with Gasteiger partial charge in [0.15, 0.2) is 0 Å². The Labute approximate surface area is 87.6 Å². The molecule has 0 aliphatic heterocycles. The second-order valence-electron chi connectivity index (χ2n) is 2.83. The highest BCUT2D eigenvalue weighted by atomic mass is 31.2. The van der Waals surface area contributed by atoms with Crippen molar-refractivity contribution >= 4 is 13.8 Å². The summed E-state index contributed by atoms with van der Waals surface area (Å²) >= 11 is 0. The number of aromatic hydroxyl groups is 1. The first-order valence-corrected chi connectivity index (χ1v) is 5.97. The van der Waals surface area contributed by atoms with E-state index in [4.69, 9.17) is 4.89 Å². The molecule has 0 aromatic heterocycles. The Bertz CT molecular complexity index is 405. The molecule has 0 fully saturated rings. The fourth-order valence-corrected chi connectivity index (χ4v) is 1.30. The second kappa shape index (κ2) is 5.07. The van der Waals surface area contributed by atoms with Gasteiger partial charge in [0, 0.05) is 18.9 Å². The number of rotatable bonds is 4. The third kappa shape index (κ3) is 3.83. The lowest BCUT2D eigenvalue weighted by molar-refractivity contribution is 0.316. The van der Waals surface area contributed by atoms with Gasteiger partial charge in [0.2, 0.25) is 0 Å². The largest absolute Gasteiger partial charge is 0.507 e. The molecule has 2 N–H and O–H groups in total. The van der Waals surface area contributed by atoms with E-state index < -0.39 is 7.60 Å². The monoisotopic (exact) mass is 229 g/mol. The standard InChI is InChI=1S/C9H12NO4P/c1-14-15(12,13)7-10-6-8-4-2-3-5-9(8)11/h2-6,11H,7H2,1H3,(H,12,13)/b10-6+. The van der Waals surface area contributed by atoms with E-state index in [1.807, 2.05) is 0 Å². The van der Waals surface area contributed by atoms with Crippen LogP contribution in [0.1, 0.15) is 5.56 Å². The van der Waals surface area contributed by atoms with Crippen LogP contribution in [0, 0.1) is 0 Å². The van der Waals surface area contributed by atoms with Crippen LogP contribution in [0.2, 0.25) is 0 Å². The maximum atomic E-state index is 11.0. The molecule has 0 amide bonds. The Hall–Kier alpha value is -1.16. The molecule has 0 bridgehead atoms. The van der Waals surface area contributed by atoms with Crippen molar-refractivity contribution in [1.82, 2.24) is 0 Å². The number of phenolic OH excluding ortho intramolecular Hbond substituents is 1. The summed E-state index contributed by atoms with van der Waals surface area (Å²) in [6.45, 7) is 0. The maximum absolute atomic E-state index is 11.0. The Balaban J connectivity index is 2.67. The Morgan fingerprint density at radius 3 is 2.80 bits per heavy atom. The highest BCUT2D eigenvalue weighted by Gasteiger charge is 2.14. The van der Waals surface area contributed by atoms with Crippen molar-refractivity contribution in [3.63, 3.8) is 0 Å². The van der Waals surface area contributed by atoms with Crippen LogP contribution in [0.3, 0.4) is 0 Å². The second-order valence-corrected chi connectivity index (χ2v) is 4.75. The number of aliphatic imine (C=N–C) groups is 1. The fraction of sp³-hybridized carbons (Fsp3) is 0.222. The van der Waals surface area contributed by atoms with Crippen LogP contribution < -0.4 is 0 Å². The third-order valence-corrected chi connectivity index (χ3v) is 2.80. The zero-order chi connectivity index (χ0) is 11.3. The van der Waals surface area contributed by atoms with Crippen LogP contribution in [0.5, 0.6) is 5.75 Å². The van der Waals surface area contributed by atoms with Gasteiger partial charge in [0.05, 0.1) is 0 Å². The number of phenols is 1. The first kappa shape index (κ1) is 11.9. The van der Waals surface area contributed by atoms with E-state index in [0.29, 0.717) is 5.56 Å². The molecular formula is C9H12NO4P. The Morgan fingerprint density at radius 2 is 2.20 bits per heavy atom. The maximum Gasteiger partial charge on any atom is 0.349 e. The summed E-state index contributed by atoms with van der Waals surface area (Å²) in [5.41, 5.74) is 0.494. The first-order chi connectivity index (χ1) is 7.05. The van der Waals surface area contributed by atoms with Gasteiger partial charge in [-0.25, -0.2) is 0 Å². The molecule has 0 radical (unpaired) electrons. The van der Waals surface area contributed by atoms with Crippen LogP contribution in [0.15, 0.2) is 29.3 Å². The summed E-state index contributed by atoms with van der Waals surface area (Å²) < 4.78 is 15.4. The smallest absolute Gasteiger partial charge is 0.349 e. The topological polar surface area (TPSA) is 79.1 Å². The Morgan fingerprint density at radius 1 is 1.53 bits per heavy atom. The molecule has 0 saturated carbocycles. The van der Waals surface area contributed by atoms with Crippen molar-refractivity contribution in [2.45, 2.75) is 0 Å². The molecule has 0 aliphatic rings. The van der Waals surface area contributed by atoms with Gasteiger partial charge in [-0.2, -0.15) is 0 Å². The van der Waals surface area contributed by atoms with E-state index in [-0.39, 0.29) is 12.0 Å². The van der Waals surface area contributed by atoms with Gasteiger partial charge in [0.25, 0.3) is 0 Å². The SMILES string of the molecule is COP(=O)(O)C/N=C/c1ccccc1O. The van der Waals surface area contributed by atoms with E-state index in [2.05, 4.69) is 9.52 Å². The minimum Gasteiger partial charge on any atom is -0.507 e. The number of nitrogens with zero attached hydrogens (tertiary/aromatic N) is 1. The number of para-hydroxylation sites is 1. The molecule has 0 saturated heterocycles. The van der Waals surface area contributed by atoms with E-state index >= 15 is 0 Å². The van der Waals surface area contributed by atoms with Crippen molar-refractivity contribution in [2.75, 3.05) is 13.4 Å². The van der Waals surface area contributed by atoms with Gasteiger partial charge in [-0.05, 0) is 12.1 Å². The molecule has 1 aromatic carbocycles. The predicted molar refractivity (Wildman–Crippen MR) is 57.4 cm³/mol. The van der Waals surface area contributed by atoms with E-state index in [1.54, 1.807) is 18.2 Å². The van der Waals surface area contributed by atoms with Gasteiger partial charge in [-0.1, -0.05) is 12.1 Å². The van der Waals surface area contributed by atoms with Gasteiger partial charge in [-0.3, -0.25) is 9.56 Å². The molecule has 1 aromatic rings. The molecule has 0 aliphatic carbocycles. The normalized spacial score (nSPS) is 15.3. The zero-order valence-corrected chi connectivity index (χ0v) is 9.09. The lowest BCUT2D eigenvalue weighted by atomic mass is 10.2. The van der Waals surface area contributed by atoms with Crippen LogP contribution in [0.25, 0.3) is 0 Å². The average Bonchev–Trinajstić information content (AvgIpc) is 2.21. The first-order valence-electron chi connectivity index (χ1n) is 4.20. The average molecular weight is 229 g/mol. The summed E-state index contributed by atoms with van der Waals surface area (Å²) in [6, 6.07) is 6.57. The minimum atomic E-state index is -3.61. The van der Waals surface area contributed by atoms with E-state index in [9.17, 15) is 9.67 Å². The zero-order valence-electron chi connectivity index (χ0n) is 8.20. The van der Waals surface area contributed by atoms with Gasteiger partial charge in [-0.15, -0.1) is 0 Å². The summed E-state index contributed by atoms with van der Waals surface area (Å²) in [5.74, 6) is 0.0754. The van der Waals surface area contributed by atoms with Crippen molar-refractivity contribution in [1.29, 1.82) is 0 Å². The fourth-order valence-electron chi connectivity index (χ4n) is 0.897. The molecule has 1 unspecified atom stereocenters. The number of hydrogen-bond donors (Lipinski definition) is 2.